The Balaban J connectivity index is 2.90. The van der Waals surface area contributed by atoms with E-state index in [1.165, 1.54) is 6.92 Å². The molecule has 1 amide bonds. The molecule has 1 aromatic rings. The number of Topliss-reactive ketones (excluding diaryl/α,β-unsaturated/α-hetero) is 1. The molecule has 0 saturated heterocycles. The number of alkyl halides is 3. The zero-order valence-electron chi connectivity index (χ0n) is 14.5. The van der Waals surface area contributed by atoms with E-state index < -0.39 is 28.4 Å². The fourth-order valence-corrected chi connectivity index (χ4v) is 2.97. The Hall–Kier alpha value is -1.28. The third-order valence-electron chi connectivity index (χ3n) is 4.06. The van der Waals surface area contributed by atoms with Crippen molar-refractivity contribution in [2.24, 2.45) is 5.92 Å². The van der Waals surface area contributed by atoms with Gasteiger partial charge in [-0.05, 0) is 32.8 Å². The number of amides is 1. The van der Waals surface area contributed by atoms with E-state index in [2.05, 4.69) is 10.3 Å². The molecule has 2 unspecified atom stereocenters. The lowest BCUT2D eigenvalue weighted by Crippen LogP contribution is -2.56. The van der Waals surface area contributed by atoms with Gasteiger partial charge < -0.3 is 5.32 Å². The van der Waals surface area contributed by atoms with Gasteiger partial charge in [-0.15, -0.1) is 0 Å². The molecule has 140 valence electrons. The molecule has 25 heavy (non-hydrogen) atoms. The van der Waals surface area contributed by atoms with E-state index in [1.807, 2.05) is 13.8 Å². The van der Waals surface area contributed by atoms with Crippen LogP contribution in [0.2, 0.25) is 5.02 Å². The van der Waals surface area contributed by atoms with Gasteiger partial charge >= 0.3 is 6.18 Å². The number of nitrogens with zero attached hydrogens (tertiary/aromatic N) is 1. The highest BCUT2D eigenvalue weighted by Crippen LogP contribution is 2.35. The van der Waals surface area contributed by atoms with Gasteiger partial charge in [-0.25, -0.2) is 4.98 Å². The number of hydrogen-bond donors (Lipinski definition) is 1. The minimum Gasteiger partial charge on any atom is -0.343 e. The van der Waals surface area contributed by atoms with Crippen LogP contribution in [0.25, 0.3) is 0 Å². The standard InChI is InChI=1S/C16H20ClF3N2O2S/c1-8(2)15(5,10(4)23)22-13(24)9(3)25-14-12(17)6-11(7-21-14)16(18,19)20/h6-9H,1-5H3,(H,22,24). The molecule has 0 aliphatic heterocycles. The van der Waals surface area contributed by atoms with Crippen molar-refractivity contribution in [3.63, 3.8) is 0 Å². The Morgan fingerprint density at radius 2 is 1.84 bits per heavy atom. The van der Waals surface area contributed by atoms with Crippen LogP contribution in [-0.4, -0.2) is 27.5 Å². The van der Waals surface area contributed by atoms with Crippen molar-refractivity contribution >= 4 is 35.1 Å². The first-order valence-corrected chi connectivity index (χ1v) is 8.77. The zero-order valence-corrected chi connectivity index (χ0v) is 16.1. The monoisotopic (exact) mass is 396 g/mol. The largest absolute Gasteiger partial charge is 0.417 e. The molecule has 0 radical (unpaired) electrons. The Kier molecular flexibility index (Phi) is 6.92. The topological polar surface area (TPSA) is 59.1 Å². The number of carbonyl (C=O) groups excluding carboxylic acids is 2. The number of ketones is 1. The van der Waals surface area contributed by atoms with Crippen LogP contribution in [0.1, 0.15) is 40.2 Å². The number of rotatable bonds is 6. The van der Waals surface area contributed by atoms with E-state index >= 15 is 0 Å². The highest BCUT2D eigenvalue weighted by atomic mass is 35.5. The summed E-state index contributed by atoms with van der Waals surface area (Å²) in [6.45, 7) is 8.23. The number of carbonyl (C=O) groups is 2. The molecular formula is C16H20ClF3N2O2S. The smallest absolute Gasteiger partial charge is 0.343 e. The van der Waals surface area contributed by atoms with E-state index in [4.69, 9.17) is 11.6 Å². The lowest BCUT2D eigenvalue weighted by atomic mass is 9.85. The summed E-state index contributed by atoms with van der Waals surface area (Å²) in [5.74, 6) is -0.730. The van der Waals surface area contributed by atoms with Crippen LogP contribution in [-0.2, 0) is 15.8 Å². The number of nitrogens with one attached hydrogen (secondary N) is 1. The third kappa shape index (κ3) is 5.34. The van der Waals surface area contributed by atoms with Crippen LogP contribution >= 0.6 is 23.4 Å². The summed E-state index contributed by atoms with van der Waals surface area (Å²) < 4.78 is 37.9. The number of halogens is 4. The normalized spacial score (nSPS) is 15.6. The van der Waals surface area contributed by atoms with E-state index in [-0.39, 0.29) is 21.7 Å². The quantitative estimate of drug-likeness (QED) is 0.726. The Bertz CT molecular complexity index is 667. The second-order valence-corrected chi connectivity index (χ2v) is 7.91. The molecule has 1 N–H and O–H groups in total. The zero-order chi connectivity index (χ0) is 19.6. The third-order valence-corrected chi connectivity index (χ3v) is 5.58. The summed E-state index contributed by atoms with van der Waals surface area (Å²) >= 11 is 6.78. The number of aromatic nitrogens is 1. The maximum Gasteiger partial charge on any atom is 0.417 e. The van der Waals surface area contributed by atoms with Gasteiger partial charge in [0, 0.05) is 6.20 Å². The fraction of sp³-hybridized carbons (Fsp3) is 0.562. The number of thioether (sulfide) groups is 1. The second-order valence-electron chi connectivity index (χ2n) is 6.17. The first kappa shape index (κ1) is 21.8. The summed E-state index contributed by atoms with van der Waals surface area (Å²) in [5, 5.41) is 1.95. The maximum absolute atomic E-state index is 12.6. The van der Waals surface area contributed by atoms with E-state index in [0.717, 1.165) is 17.8 Å². The van der Waals surface area contributed by atoms with Crippen molar-refractivity contribution in [1.29, 1.82) is 0 Å². The SMILES string of the molecule is CC(=O)C(C)(NC(=O)C(C)Sc1ncc(C(F)(F)F)cc1Cl)C(C)C. The van der Waals surface area contributed by atoms with Crippen molar-refractivity contribution in [2.45, 2.75) is 56.6 Å². The Morgan fingerprint density at radius 1 is 1.28 bits per heavy atom. The summed E-state index contributed by atoms with van der Waals surface area (Å²) in [4.78, 5) is 27.9. The van der Waals surface area contributed by atoms with Crippen molar-refractivity contribution in [2.75, 3.05) is 0 Å². The Labute approximate surface area is 153 Å². The van der Waals surface area contributed by atoms with Gasteiger partial charge in [-0.2, -0.15) is 13.2 Å². The van der Waals surface area contributed by atoms with Crippen molar-refractivity contribution < 1.29 is 22.8 Å². The molecule has 2 atom stereocenters. The second kappa shape index (κ2) is 7.95. The molecule has 1 aromatic heterocycles. The molecule has 1 heterocycles. The lowest BCUT2D eigenvalue weighted by molar-refractivity contribution is -0.137. The average molecular weight is 397 g/mol. The van der Waals surface area contributed by atoms with Crippen molar-refractivity contribution in [1.82, 2.24) is 10.3 Å². The Morgan fingerprint density at radius 3 is 2.24 bits per heavy atom. The van der Waals surface area contributed by atoms with Crippen LogP contribution in [0.3, 0.4) is 0 Å². The average Bonchev–Trinajstić information content (AvgIpc) is 2.47. The minimum atomic E-state index is -4.54. The first-order valence-electron chi connectivity index (χ1n) is 7.51. The maximum atomic E-state index is 12.6. The van der Waals surface area contributed by atoms with Gasteiger partial charge in [0.25, 0.3) is 0 Å². The molecule has 0 bridgehead atoms. The van der Waals surface area contributed by atoms with E-state index in [0.29, 0.717) is 6.20 Å². The van der Waals surface area contributed by atoms with Gasteiger partial charge in [0.05, 0.1) is 21.4 Å². The van der Waals surface area contributed by atoms with Gasteiger partial charge in [0.1, 0.15) is 5.03 Å². The number of hydrogen-bond acceptors (Lipinski definition) is 4. The summed E-state index contributed by atoms with van der Waals surface area (Å²) in [6.07, 6.45) is -3.87. The lowest BCUT2D eigenvalue weighted by Gasteiger charge is -2.33. The first-order chi connectivity index (χ1) is 11.3. The van der Waals surface area contributed by atoms with Crippen molar-refractivity contribution in [3.05, 3.63) is 22.8 Å². The van der Waals surface area contributed by atoms with E-state index in [9.17, 15) is 22.8 Å². The molecule has 9 heteroatoms. The molecule has 4 nitrogen and oxygen atoms in total. The van der Waals surface area contributed by atoms with Crippen LogP contribution in [0.4, 0.5) is 13.2 Å². The van der Waals surface area contributed by atoms with Crippen LogP contribution < -0.4 is 5.32 Å². The van der Waals surface area contributed by atoms with Crippen LogP contribution in [0.5, 0.6) is 0 Å². The van der Waals surface area contributed by atoms with Gasteiger partial charge in [-0.1, -0.05) is 37.2 Å². The summed E-state index contributed by atoms with van der Waals surface area (Å²) in [5.41, 5.74) is -1.98. The molecular weight excluding hydrogens is 377 g/mol. The van der Waals surface area contributed by atoms with Gasteiger partial charge in [0.2, 0.25) is 5.91 Å². The van der Waals surface area contributed by atoms with Gasteiger partial charge in [-0.3, -0.25) is 9.59 Å². The highest BCUT2D eigenvalue weighted by molar-refractivity contribution is 8.00. The van der Waals surface area contributed by atoms with Crippen LogP contribution in [0.15, 0.2) is 17.3 Å². The van der Waals surface area contributed by atoms with Crippen LogP contribution in [0, 0.1) is 5.92 Å². The molecule has 0 spiro atoms. The van der Waals surface area contributed by atoms with Crippen molar-refractivity contribution in [3.8, 4) is 0 Å². The number of pyridine rings is 1. The predicted molar refractivity (Wildman–Crippen MR) is 91.6 cm³/mol. The molecule has 0 aliphatic carbocycles. The summed E-state index contributed by atoms with van der Waals surface area (Å²) in [7, 11) is 0. The molecule has 0 fully saturated rings. The highest BCUT2D eigenvalue weighted by Gasteiger charge is 2.36. The molecule has 1 rings (SSSR count). The summed E-state index contributed by atoms with van der Waals surface area (Å²) in [6, 6.07) is 0.773. The predicted octanol–water partition coefficient (Wildman–Crippen LogP) is 4.35. The fourth-order valence-electron chi connectivity index (χ4n) is 1.88. The minimum absolute atomic E-state index is 0.117. The van der Waals surface area contributed by atoms with E-state index in [1.54, 1.807) is 13.8 Å². The molecule has 0 saturated carbocycles. The van der Waals surface area contributed by atoms with Gasteiger partial charge in [0.15, 0.2) is 5.78 Å². The molecule has 0 aliphatic rings. The molecule has 0 aromatic carbocycles.